The number of amides is 2. The SMILES string of the molecule is C=NC[C@H]1CN(c2ccc(N3CCOCC3=O)cc2)C(=O)O1. The number of benzene rings is 1. The van der Waals surface area contributed by atoms with E-state index in [0.29, 0.717) is 26.2 Å². The molecule has 0 unspecified atom stereocenters. The Morgan fingerprint density at radius 3 is 2.50 bits per heavy atom. The van der Waals surface area contributed by atoms with Crippen LogP contribution in [-0.4, -0.2) is 57.7 Å². The summed E-state index contributed by atoms with van der Waals surface area (Å²) in [6.07, 6.45) is -0.644. The molecule has 2 saturated heterocycles. The van der Waals surface area contributed by atoms with Crippen molar-refractivity contribution < 1.29 is 19.1 Å². The topological polar surface area (TPSA) is 71.4 Å². The highest BCUT2D eigenvalue weighted by Crippen LogP contribution is 2.25. The van der Waals surface area contributed by atoms with Gasteiger partial charge in [0, 0.05) is 17.9 Å². The lowest BCUT2D eigenvalue weighted by Gasteiger charge is -2.27. The molecule has 7 nitrogen and oxygen atoms in total. The first kappa shape index (κ1) is 14.5. The summed E-state index contributed by atoms with van der Waals surface area (Å²) in [5, 5.41) is 0. The van der Waals surface area contributed by atoms with E-state index in [1.54, 1.807) is 9.80 Å². The van der Waals surface area contributed by atoms with Crippen LogP contribution in [0.3, 0.4) is 0 Å². The van der Waals surface area contributed by atoms with Crippen molar-refractivity contribution in [2.45, 2.75) is 6.10 Å². The molecule has 0 aliphatic carbocycles. The molecular formula is C15H17N3O4. The minimum Gasteiger partial charge on any atom is -0.442 e. The molecule has 0 spiro atoms. The fraction of sp³-hybridized carbons (Fsp3) is 0.400. The van der Waals surface area contributed by atoms with Crippen molar-refractivity contribution in [1.82, 2.24) is 0 Å². The van der Waals surface area contributed by atoms with Crippen LogP contribution < -0.4 is 9.80 Å². The molecule has 1 aromatic carbocycles. The zero-order valence-corrected chi connectivity index (χ0v) is 12.1. The Kier molecular flexibility index (Phi) is 4.06. The van der Waals surface area contributed by atoms with E-state index in [9.17, 15) is 9.59 Å². The zero-order valence-electron chi connectivity index (χ0n) is 12.1. The quantitative estimate of drug-likeness (QED) is 0.780. The van der Waals surface area contributed by atoms with E-state index < -0.39 is 0 Å². The lowest BCUT2D eigenvalue weighted by molar-refractivity contribution is -0.125. The molecule has 0 N–H and O–H groups in total. The smallest absolute Gasteiger partial charge is 0.414 e. The standard InChI is InChI=1S/C15H17N3O4/c1-16-8-13-9-18(15(20)22-13)12-4-2-11(3-5-12)17-6-7-21-10-14(17)19/h2-5,13H,1,6-10H2/t13-/m0/s1. The highest BCUT2D eigenvalue weighted by Gasteiger charge is 2.32. The fourth-order valence-corrected chi connectivity index (χ4v) is 2.57. The summed E-state index contributed by atoms with van der Waals surface area (Å²) in [5.74, 6) is -0.0586. The van der Waals surface area contributed by atoms with Gasteiger partial charge >= 0.3 is 6.09 Å². The van der Waals surface area contributed by atoms with E-state index in [1.165, 1.54) is 0 Å². The zero-order chi connectivity index (χ0) is 15.5. The number of anilines is 2. The average Bonchev–Trinajstić information content (AvgIpc) is 2.89. The molecule has 2 aliphatic heterocycles. The molecule has 0 bridgehead atoms. The van der Waals surface area contributed by atoms with E-state index >= 15 is 0 Å². The number of carbonyl (C=O) groups excluding carboxylic acids is 2. The molecule has 2 fully saturated rings. The largest absolute Gasteiger partial charge is 0.442 e. The van der Waals surface area contributed by atoms with Gasteiger partial charge in [-0.25, -0.2) is 4.79 Å². The van der Waals surface area contributed by atoms with Crippen molar-refractivity contribution in [2.75, 3.05) is 42.6 Å². The first-order valence-electron chi connectivity index (χ1n) is 7.08. The number of nitrogens with zero attached hydrogens (tertiary/aromatic N) is 3. The fourth-order valence-electron chi connectivity index (χ4n) is 2.57. The Bertz CT molecular complexity index is 587. The number of hydrogen-bond acceptors (Lipinski definition) is 5. The van der Waals surface area contributed by atoms with E-state index in [0.717, 1.165) is 11.4 Å². The predicted molar refractivity (Wildman–Crippen MR) is 81.6 cm³/mol. The highest BCUT2D eigenvalue weighted by atomic mass is 16.6. The number of carbonyl (C=O) groups is 2. The lowest BCUT2D eigenvalue weighted by atomic mass is 10.2. The van der Waals surface area contributed by atoms with Crippen molar-refractivity contribution >= 4 is 30.1 Å². The Morgan fingerprint density at radius 1 is 1.18 bits per heavy atom. The number of rotatable bonds is 4. The van der Waals surface area contributed by atoms with Gasteiger partial charge in [-0.2, -0.15) is 0 Å². The Morgan fingerprint density at radius 2 is 1.86 bits per heavy atom. The first-order chi connectivity index (χ1) is 10.7. The minimum atomic E-state index is -0.385. The molecule has 2 heterocycles. The third-order valence-corrected chi connectivity index (χ3v) is 3.67. The van der Waals surface area contributed by atoms with Crippen LogP contribution in [0.15, 0.2) is 29.3 Å². The second kappa shape index (κ2) is 6.15. The van der Waals surface area contributed by atoms with Crippen molar-refractivity contribution in [2.24, 2.45) is 4.99 Å². The molecule has 3 rings (SSSR count). The van der Waals surface area contributed by atoms with Crippen LogP contribution in [0.25, 0.3) is 0 Å². The van der Waals surface area contributed by atoms with Crippen LogP contribution in [0, 0.1) is 0 Å². The van der Waals surface area contributed by atoms with Gasteiger partial charge in [0.05, 0.1) is 19.7 Å². The van der Waals surface area contributed by atoms with Crippen molar-refractivity contribution in [3.63, 3.8) is 0 Å². The summed E-state index contributed by atoms with van der Waals surface area (Å²) in [6, 6.07) is 7.27. The Hall–Kier alpha value is -2.41. The lowest BCUT2D eigenvalue weighted by Crippen LogP contribution is -2.41. The number of ether oxygens (including phenoxy) is 2. The molecule has 0 saturated carbocycles. The van der Waals surface area contributed by atoms with E-state index in [2.05, 4.69) is 11.7 Å². The summed E-state index contributed by atoms with van der Waals surface area (Å²) in [7, 11) is 0. The molecule has 116 valence electrons. The highest BCUT2D eigenvalue weighted by molar-refractivity contribution is 5.95. The summed E-state index contributed by atoms with van der Waals surface area (Å²) in [4.78, 5) is 30.7. The maximum absolute atomic E-state index is 11.9. The number of hydrogen-bond donors (Lipinski definition) is 0. The van der Waals surface area contributed by atoms with Gasteiger partial charge in [0.1, 0.15) is 12.7 Å². The van der Waals surface area contributed by atoms with E-state index in [4.69, 9.17) is 9.47 Å². The van der Waals surface area contributed by atoms with Gasteiger partial charge in [0.2, 0.25) is 0 Å². The van der Waals surface area contributed by atoms with Crippen molar-refractivity contribution in [3.05, 3.63) is 24.3 Å². The molecule has 0 radical (unpaired) electrons. The summed E-state index contributed by atoms with van der Waals surface area (Å²) in [6.45, 7) is 5.43. The normalized spacial score (nSPS) is 21.9. The molecular weight excluding hydrogens is 286 g/mol. The van der Waals surface area contributed by atoms with Gasteiger partial charge in [-0.15, -0.1) is 0 Å². The van der Waals surface area contributed by atoms with E-state index in [1.807, 2.05) is 24.3 Å². The van der Waals surface area contributed by atoms with Crippen LogP contribution in [0.1, 0.15) is 0 Å². The molecule has 1 aromatic rings. The first-order valence-corrected chi connectivity index (χ1v) is 7.08. The van der Waals surface area contributed by atoms with Gasteiger partial charge in [0.25, 0.3) is 5.91 Å². The van der Waals surface area contributed by atoms with Crippen LogP contribution in [0.5, 0.6) is 0 Å². The van der Waals surface area contributed by atoms with Gasteiger partial charge < -0.3 is 14.4 Å². The van der Waals surface area contributed by atoms with Crippen molar-refractivity contribution in [3.8, 4) is 0 Å². The molecule has 2 aliphatic rings. The summed E-state index contributed by atoms with van der Waals surface area (Å²) < 4.78 is 10.3. The van der Waals surface area contributed by atoms with E-state index in [-0.39, 0.29) is 24.7 Å². The summed E-state index contributed by atoms with van der Waals surface area (Å²) >= 11 is 0. The molecule has 0 aromatic heterocycles. The second-order valence-corrected chi connectivity index (χ2v) is 5.14. The minimum absolute atomic E-state index is 0.0586. The molecule has 22 heavy (non-hydrogen) atoms. The van der Waals surface area contributed by atoms with Crippen molar-refractivity contribution in [1.29, 1.82) is 0 Å². The van der Waals surface area contributed by atoms with Gasteiger partial charge in [-0.05, 0) is 31.0 Å². The van der Waals surface area contributed by atoms with Crippen LogP contribution in [0.4, 0.5) is 16.2 Å². The second-order valence-electron chi connectivity index (χ2n) is 5.14. The maximum Gasteiger partial charge on any atom is 0.414 e. The maximum atomic E-state index is 11.9. The molecule has 7 heteroatoms. The summed E-state index contributed by atoms with van der Waals surface area (Å²) in [5.41, 5.74) is 1.54. The Labute approximate surface area is 128 Å². The third kappa shape index (κ3) is 2.80. The number of morpholine rings is 1. The van der Waals surface area contributed by atoms with Gasteiger partial charge in [-0.3, -0.25) is 14.7 Å². The van der Waals surface area contributed by atoms with Crippen LogP contribution in [-0.2, 0) is 14.3 Å². The van der Waals surface area contributed by atoms with Crippen LogP contribution in [0.2, 0.25) is 0 Å². The Balaban J connectivity index is 1.73. The van der Waals surface area contributed by atoms with Gasteiger partial charge in [-0.1, -0.05) is 0 Å². The molecule has 2 amide bonds. The third-order valence-electron chi connectivity index (χ3n) is 3.67. The van der Waals surface area contributed by atoms with Crippen LogP contribution >= 0.6 is 0 Å². The van der Waals surface area contributed by atoms with Gasteiger partial charge in [0.15, 0.2) is 0 Å². The number of aliphatic imine (C=N–C) groups is 1. The predicted octanol–water partition coefficient (Wildman–Crippen LogP) is 1.08. The molecule has 1 atom stereocenters. The average molecular weight is 303 g/mol. The number of cyclic esters (lactones) is 1. The monoisotopic (exact) mass is 303 g/mol.